The molecule has 4 aromatic rings. The normalized spacial score (nSPS) is 12.4. The third kappa shape index (κ3) is 3.82. The van der Waals surface area contributed by atoms with Crippen molar-refractivity contribution in [3.63, 3.8) is 0 Å². The Labute approximate surface area is 174 Å². The second-order valence-corrected chi connectivity index (χ2v) is 7.16. The highest BCUT2D eigenvalue weighted by Crippen LogP contribution is 2.29. The predicted octanol–water partition coefficient (Wildman–Crippen LogP) is 4.31. The number of halogens is 2. The van der Waals surface area contributed by atoms with Crippen LogP contribution in [0.2, 0.25) is 10.0 Å². The molecule has 0 fully saturated rings. The zero-order valence-electron chi connectivity index (χ0n) is 15.1. The average Bonchev–Trinajstić information content (AvgIpc) is 3.10. The van der Waals surface area contributed by atoms with Crippen LogP contribution in [0.15, 0.2) is 36.7 Å². The van der Waals surface area contributed by atoms with Gasteiger partial charge >= 0.3 is 5.97 Å². The molecule has 0 aliphatic rings. The lowest BCUT2D eigenvalue weighted by Crippen LogP contribution is -2.18. The van der Waals surface area contributed by atoms with E-state index in [0.717, 1.165) is 11.0 Å². The highest BCUT2D eigenvalue weighted by atomic mass is 35.5. The number of ether oxygens (including phenoxy) is 1. The van der Waals surface area contributed by atoms with E-state index in [1.807, 2.05) is 6.07 Å². The van der Waals surface area contributed by atoms with Gasteiger partial charge in [-0.3, -0.25) is 0 Å². The van der Waals surface area contributed by atoms with Gasteiger partial charge in [0.15, 0.2) is 0 Å². The molecule has 0 aliphatic heterocycles. The van der Waals surface area contributed by atoms with Gasteiger partial charge in [-0.25, -0.2) is 19.7 Å². The molecule has 0 spiro atoms. The minimum atomic E-state index is -1.12. The number of carboxylic acid groups (broad SMARTS) is 1. The van der Waals surface area contributed by atoms with E-state index in [0.29, 0.717) is 34.2 Å². The number of carboxylic acids is 1. The lowest BCUT2D eigenvalue weighted by atomic mass is 10.1. The maximum Gasteiger partial charge on any atom is 0.337 e. The summed E-state index contributed by atoms with van der Waals surface area (Å²) in [6.45, 7) is 0.306. The summed E-state index contributed by atoms with van der Waals surface area (Å²) >= 11 is 12.2. The van der Waals surface area contributed by atoms with Gasteiger partial charge in [0, 0.05) is 17.5 Å². The first-order valence-electron chi connectivity index (χ1n) is 8.54. The van der Waals surface area contributed by atoms with Gasteiger partial charge in [0.1, 0.15) is 24.0 Å². The van der Waals surface area contributed by atoms with Gasteiger partial charge in [-0.05, 0) is 30.3 Å². The molecule has 148 valence electrons. The molecule has 0 saturated carbocycles. The highest BCUT2D eigenvalue weighted by Gasteiger charge is 2.19. The number of benzene rings is 2. The molecule has 0 bridgehead atoms. The van der Waals surface area contributed by atoms with Crippen LogP contribution >= 0.6 is 23.2 Å². The Morgan fingerprint density at radius 2 is 2.07 bits per heavy atom. The molecule has 1 atom stereocenters. The number of anilines is 1. The van der Waals surface area contributed by atoms with Crippen molar-refractivity contribution in [2.75, 3.05) is 19.0 Å². The number of aromatic carboxylic acids is 1. The molecular weight excluding hydrogens is 417 g/mol. The minimum Gasteiger partial charge on any atom is -0.478 e. The lowest BCUT2D eigenvalue weighted by Gasteiger charge is -2.17. The zero-order valence-corrected chi connectivity index (χ0v) is 16.6. The number of H-pyrrole nitrogens is 1. The van der Waals surface area contributed by atoms with E-state index < -0.39 is 5.97 Å². The van der Waals surface area contributed by atoms with Crippen molar-refractivity contribution in [3.05, 3.63) is 58.1 Å². The Morgan fingerprint density at radius 1 is 1.24 bits per heavy atom. The maximum absolute atomic E-state index is 11.3. The van der Waals surface area contributed by atoms with Crippen molar-refractivity contribution >= 4 is 56.9 Å². The number of nitrogens with zero attached hydrogens (tertiary/aromatic N) is 3. The first kappa shape index (κ1) is 19.4. The van der Waals surface area contributed by atoms with E-state index in [-0.39, 0.29) is 16.6 Å². The standard InChI is InChI=1S/C19H15Cl2N5O3/c1-29-7-16(18-24-13-3-2-9(20)4-15(13)25-18)26-17-11-5-12(21)10(19(27)28)6-14(11)22-8-23-17/h2-6,8,16H,7H2,1H3,(H,24,25)(H,27,28)(H,22,23,26). The Bertz CT molecular complexity index is 1230. The number of fused-ring (bicyclic) bond motifs is 2. The molecule has 0 saturated heterocycles. The molecule has 3 N–H and O–H groups in total. The molecule has 2 aromatic carbocycles. The maximum atomic E-state index is 11.3. The molecule has 4 rings (SSSR count). The third-order valence-electron chi connectivity index (χ3n) is 4.39. The van der Waals surface area contributed by atoms with Crippen LogP contribution in [0.1, 0.15) is 22.2 Å². The van der Waals surface area contributed by atoms with Crippen molar-refractivity contribution < 1.29 is 14.6 Å². The van der Waals surface area contributed by atoms with E-state index in [2.05, 4.69) is 25.3 Å². The van der Waals surface area contributed by atoms with Crippen molar-refractivity contribution in [2.24, 2.45) is 0 Å². The molecule has 0 aliphatic carbocycles. The van der Waals surface area contributed by atoms with Gasteiger partial charge in [-0.1, -0.05) is 23.2 Å². The first-order chi connectivity index (χ1) is 14.0. The van der Waals surface area contributed by atoms with Crippen molar-refractivity contribution in [3.8, 4) is 0 Å². The van der Waals surface area contributed by atoms with E-state index in [4.69, 9.17) is 27.9 Å². The molecule has 0 amide bonds. The van der Waals surface area contributed by atoms with Crippen LogP contribution < -0.4 is 5.32 Å². The van der Waals surface area contributed by atoms with Crippen LogP contribution in [-0.4, -0.2) is 44.7 Å². The van der Waals surface area contributed by atoms with Gasteiger partial charge in [0.2, 0.25) is 0 Å². The molecule has 8 nitrogen and oxygen atoms in total. The van der Waals surface area contributed by atoms with E-state index in [9.17, 15) is 9.90 Å². The summed E-state index contributed by atoms with van der Waals surface area (Å²) in [5, 5.41) is 13.8. The molecule has 0 radical (unpaired) electrons. The molecular formula is C19H15Cl2N5O3. The van der Waals surface area contributed by atoms with Gasteiger partial charge in [0.25, 0.3) is 0 Å². The summed E-state index contributed by atoms with van der Waals surface area (Å²) in [5.41, 5.74) is 2.01. The Hall–Kier alpha value is -2.94. The fourth-order valence-electron chi connectivity index (χ4n) is 3.04. The molecule has 2 aromatic heterocycles. The summed E-state index contributed by atoms with van der Waals surface area (Å²) in [6.07, 6.45) is 1.35. The van der Waals surface area contributed by atoms with Crippen molar-refractivity contribution in [1.29, 1.82) is 0 Å². The number of aromatic nitrogens is 4. The van der Waals surface area contributed by atoms with Gasteiger partial charge < -0.3 is 20.1 Å². The minimum absolute atomic E-state index is 0.0218. The topological polar surface area (TPSA) is 113 Å². The fourth-order valence-corrected chi connectivity index (χ4v) is 3.46. The SMILES string of the molecule is COCC(Nc1ncnc2cc(C(=O)O)c(Cl)cc12)c1nc2ccc(Cl)cc2[nH]1. The summed E-state index contributed by atoms with van der Waals surface area (Å²) in [4.78, 5) is 27.6. The van der Waals surface area contributed by atoms with Gasteiger partial charge in [0.05, 0.1) is 33.7 Å². The molecule has 29 heavy (non-hydrogen) atoms. The van der Waals surface area contributed by atoms with Gasteiger partial charge in [-0.15, -0.1) is 0 Å². The van der Waals surface area contributed by atoms with Gasteiger partial charge in [-0.2, -0.15) is 0 Å². The fraction of sp³-hybridized carbons (Fsp3) is 0.158. The van der Waals surface area contributed by atoms with E-state index in [1.165, 1.54) is 18.5 Å². The predicted molar refractivity (Wildman–Crippen MR) is 111 cm³/mol. The second kappa shape index (κ2) is 7.82. The molecule has 2 heterocycles. The highest BCUT2D eigenvalue weighted by molar-refractivity contribution is 6.34. The van der Waals surface area contributed by atoms with Crippen LogP contribution in [0.3, 0.4) is 0 Å². The summed E-state index contributed by atoms with van der Waals surface area (Å²) in [6, 6.07) is 7.99. The number of nitrogens with one attached hydrogen (secondary N) is 2. The first-order valence-corrected chi connectivity index (χ1v) is 9.30. The second-order valence-electron chi connectivity index (χ2n) is 6.31. The van der Waals surface area contributed by atoms with E-state index in [1.54, 1.807) is 19.2 Å². The number of carbonyl (C=O) groups is 1. The van der Waals surface area contributed by atoms with Crippen LogP contribution in [0, 0.1) is 0 Å². The van der Waals surface area contributed by atoms with Crippen molar-refractivity contribution in [2.45, 2.75) is 6.04 Å². The van der Waals surface area contributed by atoms with Crippen LogP contribution in [0.5, 0.6) is 0 Å². The Kier molecular flexibility index (Phi) is 5.23. The van der Waals surface area contributed by atoms with Crippen LogP contribution in [-0.2, 0) is 4.74 Å². The van der Waals surface area contributed by atoms with Crippen LogP contribution in [0.4, 0.5) is 5.82 Å². The number of imidazole rings is 1. The quantitative estimate of drug-likeness (QED) is 0.416. The van der Waals surface area contributed by atoms with E-state index >= 15 is 0 Å². The largest absolute Gasteiger partial charge is 0.478 e. The number of aromatic amines is 1. The summed E-state index contributed by atoms with van der Waals surface area (Å²) in [7, 11) is 1.59. The van der Waals surface area contributed by atoms with Crippen molar-refractivity contribution in [1.82, 2.24) is 19.9 Å². The Morgan fingerprint density at radius 3 is 2.83 bits per heavy atom. The lowest BCUT2D eigenvalue weighted by molar-refractivity contribution is 0.0697. The number of rotatable bonds is 6. The molecule has 10 heteroatoms. The van der Waals surface area contributed by atoms with Crippen LogP contribution in [0.25, 0.3) is 21.9 Å². The zero-order chi connectivity index (χ0) is 20.5. The summed E-state index contributed by atoms with van der Waals surface area (Å²) < 4.78 is 5.34. The summed E-state index contributed by atoms with van der Waals surface area (Å²) in [5.74, 6) is 0.00160. The number of methoxy groups -OCH3 is 1. The smallest absolute Gasteiger partial charge is 0.337 e. The average molecular weight is 432 g/mol. The third-order valence-corrected chi connectivity index (χ3v) is 4.94. The Balaban J connectivity index is 1.75. The number of hydrogen-bond acceptors (Lipinski definition) is 6. The molecule has 1 unspecified atom stereocenters. The monoisotopic (exact) mass is 431 g/mol. The number of hydrogen-bond donors (Lipinski definition) is 3.